The molecule has 0 unspecified atom stereocenters. The summed E-state index contributed by atoms with van der Waals surface area (Å²) in [5.74, 6) is 0.824. The third-order valence-corrected chi connectivity index (χ3v) is 1.68. The summed E-state index contributed by atoms with van der Waals surface area (Å²) < 4.78 is 0. The minimum absolute atomic E-state index is 0.111. The van der Waals surface area contributed by atoms with E-state index in [4.69, 9.17) is 5.73 Å². The van der Waals surface area contributed by atoms with E-state index < -0.39 is 0 Å². The fourth-order valence-electron chi connectivity index (χ4n) is 0.927. The van der Waals surface area contributed by atoms with Gasteiger partial charge in [0.2, 0.25) is 0 Å². The van der Waals surface area contributed by atoms with E-state index >= 15 is 0 Å². The first kappa shape index (κ1) is 8.74. The highest BCUT2D eigenvalue weighted by atomic mass is 14.9. The molecule has 0 saturated carbocycles. The molecule has 0 saturated heterocycles. The molecule has 0 amide bonds. The second kappa shape index (κ2) is 3.88. The normalized spacial score (nSPS) is 12.2. The van der Waals surface area contributed by atoms with Gasteiger partial charge in [0, 0.05) is 19.3 Å². The van der Waals surface area contributed by atoms with Gasteiger partial charge in [0.25, 0.3) is 0 Å². The van der Waals surface area contributed by atoms with Crippen molar-refractivity contribution >= 4 is 5.82 Å². The second-order valence-corrected chi connectivity index (χ2v) is 2.49. The van der Waals surface area contributed by atoms with Gasteiger partial charge in [-0.15, -0.1) is 6.58 Å². The van der Waals surface area contributed by atoms with Crippen molar-refractivity contribution in [2.75, 3.05) is 12.4 Å². The molecule has 1 aromatic rings. The molecule has 1 aromatic heterocycles. The Morgan fingerprint density at radius 3 is 3.08 bits per heavy atom. The van der Waals surface area contributed by atoms with Gasteiger partial charge in [0.05, 0.1) is 0 Å². The lowest BCUT2D eigenvalue weighted by Crippen LogP contribution is -2.07. The van der Waals surface area contributed by atoms with Crippen molar-refractivity contribution in [2.45, 2.75) is 6.04 Å². The molecule has 3 heteroatoms. The monoisotopic (exact) mass is 163 g/mol. The first-order valence-electron chi connectivity index (χ1n) is 3.79. The van der Waals surface area contributed by atoms with E-state index in [1.54, 1.807) is 12.3 Å². The van der Waals surface area contributed by atoms with Crippen molar-refractivity contribution in [1.82, 2.24) is 4.98 Å². The Hall–Kier alpha value is -1.35. The zero-order valence-corrected chi connectivity index (χ0v) is 7.12. The Kier molecular flexibility index (Phi) is 2.82. The molecule has 3 N–H and O–H groups in total. The SMILES string of the molecule is C=C[C@H](N)c1ccnc(NC)c1. The third-order valence-electron chi connectivity index (χ3n) is 1.68. The van der Waals surface area contributed by atoms with Gasteiger partial charge < -0.3 is 11.1 Å². The van der Waals surface area contributed by atoms with Gasteiger partial charge in [0.1, 0.15) is 5.82 Å². The van der Waals surface area contributed by atoms with Crippen LogP contribution in [0.5, 0.6) is 0 Å². The lowest BCUT2D eigenvalue weighted by Gasteiger charge is -2.07. The van der Waals surface area contributed by atoms with Crippen LogP contribution in [0.15, 0.2) is 31.0 Å². The quantitative estimate of drug-likeness (QED) is 0.660. The van der Waals surface area contributed by atoms with Crippen molar-refractivity contribution in [3.8, 4) is 0 Å². The Morgan fingerprint density at radius 1 is 1.75 bits per heavy atom. The van der Waals surface area contributed by atoms with Crippen LogP contribution in [0.2, 0.25) is 0 Å². The lowest BCUT2D eigenvalue weighted by atomic mass is 10.1. The zero-order chi connectivity index (χ0) is 8.97. The number of nitrogens with two attached hydrogens (primary N) is 1. The number of pyridine rings is 1. The maximum absolute atomic E-state index is 5.74. The summed E-state index contributed by atoms with van der Waals surface area (Å²) in [4.78, 5) is 4.07. The highest BCUT2D eigenvalue weighted by molar-refractivity contribution is 5.38. The van der Waals surface area contributed by atoms with Gasteiger partial charge in [-0.2, -0.15) is 0 Å². The Balaban J connectivity index is 2.93. The predicted molar refractivity (Wildman–Crippen MR) is 50.9 cm³/mol. The Labute approximate surface area is 72.3 Å². The van der Waals surface area contributed by atoms with Crippen molar-refractivity contribution in [2.24, 2.45) is 5.73 Å². The fraction of sp³-hybridized carbons (Fsp3) is 0.222. The summed E-state index contributed by atoms with van der Waals surface area (Å²) in [6.45, 7) is 3.63. The number of rotatable bonds is 3. The minimum atomic E-state index is -0.111. The maximum Gasteiger partial charge on any atom is 0.125 e. The Morgan fingerprint density at radius 2 is 2.50 bits per heavy atom. The molecule has 0 aromatic carbocycles. The third kappa shape index (κ3) is 1.83. The average molecular weight is 163 g/mol. The molecule has 64 valence electrons. The summed E-state index contributed by atoms with van der Waals surface area (Å²) in [5, 5.41) is 2.95. The molecule has 12 heavy (non-hydrogen) atoms. The smallest absolute Gasteiger partial charge is 0.125 e. The van der Waals surface area contributed by atoms with Crippen LogP contribution in [0.3, 0.4) is 0 Å². The molecule has 1 rings (SSSR count). The lowest BCUT2D eigenvalue weighted by molar-refractivity contribution is 0.910. The first-order chi connectivity index (χ1) is 5.77. The molecule has 1 atom stereocenters. The molecular weight excluding hydrogens is 150 g/mol. The van der Waals surface area contributed by atoms with E-state index in [-0.39, 0.29) is 6.04 Å². The largest absolute Gasteiger partial charge is 0.373 e. The van der Waals surface area contributed by atoms with Crippen LogP contribution in [-0.4, -0.2) is 12.0 Å². The fourth-order valence-corrected chi connectivity index (χ4v) is 0.927. The van der Waals surface area contributed by atoms with Crippen molar-refractivity contribution in [3.05, 3.63) is 36.5 Å². The molecule has 0 aliphatic carbocycles. The van der Waals surface area contributed by atoms with Crippen LogP contribution in [0.4, 0.5) is 5.82 Å². The van der Waals surface area contributed by atoms with Gasteiger partial charge >= 0.3 is 0 Å². The van der Waals surface area contributed by atoms with Crippen molar-refractivity contribution in [3.63, 3.8) is 0 Å². The topological polar surface area (TPSA) is 50.9 Å². The molecule has 3 nitrogen and oxygen atoms in total. The number of hydrogen-bond acceptors (Lipinski definition) is 3. The maximum atomic E-state index is 5.74. The number of aromatic nitrogens is 1. The predicted octanol–water partition coefficient (Wildman–Crippen LogP) is 1.31. The van der Waals surface area contributed by atoms with E-state index in [0.29, 0.717) is 0 Å². The number of anilines is 1. The van der Waals surface area contributed by atoms with Gasteiger partial charge in [-0.1, -0.05) is 6.08 Å². The van der Waals surface area contributed by atoms with Gasteiger partial charge in [0.15, 0.2) is 0 Å². The summed E-state index contributed by atoms with van der Waals surface area (Å²) in [6.07, 6.45) is 3.43. The second-order valence-electron chi connectivity index (χ2n) is 2.49. The van der Waals surface area contributed by atoms with Gasteiger partial charge in [-0.05, 0) is 17.7 Å². The van der Waals surface area contributed by atoms with Crippen LogP contribution in [0.1, 0.15) is 11.6 Å². The summed E-state index contributed by atoms with van der Waals surface area (Å²) in [7, 11) is 1.82. The van der Waals surface area contributed by atoms with Gasteiger partial charge in [-0.25, -0.2) is 4.98 Å². The van der Waals surface area contributed by atoms with E-state index in [9.17, 15) is 0 Å². The van der Waals surface area contributed by atoms with E-state index in [1.807, 2.05) is 19.2 Å². The van der Waals surface area contributed by atoms with Gasteiger partial charge in [-0.3, -0.25) is 0 Å². The average Bonchev–Trinajstić information content (AvgIpc) is 2.17. The molecule has 0 aliphatic rings. The molecule has 0 spiro atoms. The molecule has 0 bridgehead atoms. The first-order valence-corrected chi connectivity index (χ1v) is 3.79. The van der Waals surface area contributed by atoms with Crippen LogP contribution < -0.4 is 11.1 Å². The number of hydrogen-bond donors (Lipinski definition) is 2. The van der Waals surface area contributed by atoms with Crippen molar-refractivity contribution in [1.29, 1.82) is 0 Å². The van der Waals surface area contributed by atoms with Crippen LogP contribution in [0, 0.1) is 0 Å². The van der Waals surface area contributed by atoms with Crippen molar-refractivity contribution < 1.29 is 0 Å². The highest BCUT2D eigenvalue weighted by Crippen LogP contribution is 2.13. The molecule has 0 fully saturated rings. The summed E-state index contributed by atoms with van der Waals surface area (Å²) in [6, 6.07) is 3.68. The highest BCUT2D eigenvalue weighted by Gasteiger charge is 2.00. The van der Waals surface area contributed by atoms with E-state index in [2.05, 4.69) is 16.9 Å². The van der Waals surface area contributed by atoms with E-state index in [1.165, 1.54) is 0 Å². The van der Waals surface area contributed by atoms with Crippen LogP contribution in [0.25, 0.3) is 0 Å². The zero-order valence-electron chi connectivity index (χ0n) is 7.12. The van der Waals surface area contributed by atoms with E-state index in [0.717, 1.165) is 11.4 Å². The summed E-state index contributed by atoms with van der Waals surface area (Å²) >= 11 is 0. The molecule has 1 heterocycles. The minimum Gasteiger partial charge on any atom is -0.373 e. The van der Waals surface area contributed by atoms with Crippen LogP contribution in [-0.2, 0) is 0 Å². The number of nitrogens with zero attached hydrogens (tertiary/aromatic N) is 1. The number of nitrogens with one attached hydrogen (secondary N) is 1. The molecule has 0 aliphatic heterocycles. The standard InChI is InChI=1S/C9H13N3/c1-3-8(10)7-4-5-12-9(6-7)11-2/h3-6,8H,1,10H2,2H3,(H,11,12)/t8-/m0/s1. The Bertz CT molecular complexity index is 270. The molecular formula is C9H13N3. The molecule has 0 radical (unpaired) electrons. The van der Waals surface area contributed by atoms with Crippen LogP contribution >= 0.6 is 0 Å². The summed E-state index contributed by atoms with van der Waals surface area (Å²) in [5.41, 5.74) is 6.76.